The van der Waals surface area contributed by atoms with Crippen LogP contribution in [0.25, 0.3) is 0 Å². The molecule has 1 aliphatic heterocycles. The van der Waals surface area contributed by atoms with Crippen LogP contribution < -0.4 is 0 Å². The lowest BCUT2D eigenvalue weighted by atomic mass is 9.95. The highest BCUT2D eigenvalue weighted by Gasteiger charge is 2.42. The highest BCUT2D eigenvalue weighted by molar-refractivity contribution is 7.91. The fourth-order valence-corrected chi connectivity index (χ4v) is 4.01. The van der Waals surface area contributed by atoms with Crippen LogP contribution in [0, 0.1) is 0 Å². The van der Waals surface area contributed by atoms with E-state index in [-0.39, 0.29) is 18.6 Å². The molecule has 1 heterocycles. The Morgan fingerprint density at radius 1 is 1.41 bits per heavy atom. The van der Waals surface area contributed by atoms with Crippen molar-refractivity contribution in [3.63, 3.8) is 0 Å². The molecule has 5 heteroatoms. The highest BCUT2D eigenvalue weighted by atomic mass is 32.2. The van der Waals surface area contributed by atoms with Gasteiger partial charge in [-0.25, -0.2) is 12.8 Å². The molecule has 0 N–H and O–H groups in total. The van der Waals surface area contributed by atoms with E-state index in [0.29, 0.717) is 17.4 Å². The summed E-state index contributed by atoms with van der Waals surface area (Å²) in [5.74, 6) is -0.498. The summed E-state index contributed by atoms with van der Waals surface area (Å²) in [5.41, 5.74) is -0.540. The van der Waals surface area contributed by atoms with Crippen molar-refractivity contribution >= 4 is 16.1 Å². The number of halogens is 1. The van der Waals surface area contributed by atoms with Crippen LogP contribution >= 0.6 is 0 Å². The van der Waals surface area contributed by atoms with E-state index >= 15 is 0 Å². The van der Waals surface area contributed by atoms with Crippen LogP contribution in [0.15, 0.2) is 24.3 Å². The molecular formula is C12H13FO3S. The van der Waals surface area contributed by atoms with E-state index in [4.69, 9.17) is 0 Å². The average molecular weight is 256 g/mol. The van der Waals surface area contributed by atoms with E-state index in [1.807, 2.05) is 0 Å². The topological polar surface area (TPSA) is 51.2 Å². The number of rotatable bonds is 3. The monoisotopic (exact) mass is 256 g/mol. The van der Waals surface area contributed by atoms with Crippen molar-refractivity contribution in [1.29, 1.82) is 0 Å². The summed E-state index contributed by atoms with van der Waals surface area (Å²) in [5, 5.41) is 0. The lowest BCUT2D eigenvalue weighted by Crippen LogP contribution is -2.27. The first kappa shape index (κ1) is 12.2. The van der Waals surface area contributed by atoms with Crippen LogP contribution in [0.1, 0.15) is 22.3 Å². The number of carbonyl (C=O) groups excluding carboxylic acids is 1. The molecular weight excluding hydrogens is 243 g/mol. The maximum absolute atomic E-state index is 14.3. The molecule has 1 saturated heterocycles. The first-order valence-electron chi connectivity index (χ1n) is 5.36. The molecule has 1 atom stereocenters. The predicted molar refractivity (Wildman–Crippen MR) is 62.6 cm³/mol. The predicted octanol–water partition coefficient (Wildman–Crippen LogP) is 1.57. The maximum atomic E-state index is 14.3. The fourth-order valence-electron chi connectivity index (χ4n) is 2.16. The minimum atomic E-state index is -3.23. The lowest BCUT2D eigenvalue weighted by Gasteiger charge is -2.17. The molecule has 1 aliphatic rings. The molecule has 3 nitrogen and oxygen atoms in total. The Morgan fingerprint density at radius 2 is 2.18 bits per heavy atom. The lowest BCUT2D eigenvalue weighted by molar-refractivity contribution is 0.112. The SMILES string of the molecule is O=Cc1cccc(CC2(F)CCS(=O)(=O)C2)c1. The number of alkyl halides is 1. The van der Waals surface area contributed by atoms with Gasteiger partial charge in [0.25, 0.3) is 0 Å². The van der Waals surface area contributed by atoms with Crippen molar-refractivity contribution in [3.8, 4) is 0 Å². The Morgan fingerprint density at radius 3 is 2.76 bits per heavy atom. The van der Waals surface area contributed by atoms with Crippen LogP contribution in [-0.4, -0.2) is 31.9 Å². The molecule has 0 saturated carbocycles. The van der Waals surface area contributed by atoms with Gasteiger partial charge in [0.1, 0.15) is 12.0 Å². The van der Waals surface area contributed by atoms with Gasteiger partial charge < -0.3 is 0 Å². The van der Waals surface area contributed by atoms with Gasteiger partial charge in [-0.15, -0.1) is 0 Å². The molecule has 1 aromatic rings. The first-order valence-corrected chi connectivity index (χ1v) is 7.18. The minimum absolute atomic E-state index is 0.0423. The Balaban J connectivity index is 2.18. The Kier molecular flexibility index (Phi) is 3.03. The van der Waals surface area contributed by atoms with Crippen molar-refractivity contribution in [2.24, 2.45) is 0 Å². The van der Waals surface area contributed by atoms with Gasteiger partial charge in [0.2, 0.25) is 0 Å². The normalized spacial score (nSPS) is 26.9. The highest BCUT2D eigenvalue weighted by Crippen LogP contribution is 2.31. The van der Waals surface area contributed by atoms with Gasteiger partial charge in [0, 0.05) is 12.0 Å². The van der Waals surface area contributed by atoms with Crippen LogP contribution in [0.5, 0.6) is 0 Å². The largest absolute Gasteiger partial charge is 0.298 e. The Labute approximate surface area is 99.6 Å². The van der Waals surface area contributed by atoms with E-state index in [9.17, 15) is 17.6 Å². The van der Waals surface area contributed by atoms with E-state index in [2.05, 4.69) is 0 Å². The smallest absolute Gasteiger partial charge is 0.153 e. The maximum Gasteiger partial charge on any atom is 0.153 e. The molecule has 0 bridgehead atoms. The van der Waals surface area contributed by atoms with Gasteiger partial charge in [-0.3, -0.25) is 4.79 Å². The van der Waals surface area contributed by atoms with Crippen LogP contribution in [-0.2, 0) is 16.3 Å². The van der Waals surface area contributed by atoms with Crippen molar-refractivity contribution in [2.75, 3.05) is 11.5 Å². The number of hydrogen-bond donors (Lipinski definition) is 0. The number of aldehydes is 1. The third-order valence-electron chi connectivity index (χ3n) is 2.95. The molecule has 1 fully saturated rings. The summed E-state index contributed by atoms with van der Waals surface area (Å²) in [4.78, 5) is 10.6. The molecule has 0 radical (unpaired) electrons. The molecule has 0 aliphatic carbocycles. The molecule has 0 amide bonds. The van der Waals surface area contributed by atoms with E-state index < -0.39 is 21.3 Å². The number of benzene rings is 1. The van der Waals surface area contributed by atoms with E-state index in [1.165, 1.54) is 0 Å². The third-order valence-corrected chi connectivity index (χ3v) is 4.73. The molecule has 17 heavy (non-hydrogen) atoms. The zero-order valence-corrected chi connectivity index (χ0v) is 10.0. The second kappa shape index (κ2) is 4.22. The van der Waals surface area contributed by atoms with Crippen LogP contribution in [0.3, 0.4) is 0 Å². The average Bonchev–Trinajstić information content (AvgIpc) is 2.53. The van der Waals surface area contributed by atoms with Crippen LogP contribution in [0.2, 0.25) is 0 Å². The number of carbonyl (C=O) groups is 1. The van der Waals surface area contributed by atoms with Gasteiger partial charge in [-0.2, -0.15) is 0 Å². The molecule has 0 aromatic heterocycles. The zero-order chi connectivity index (χ0) is 12.5. The summed E-state index contributed by atoms with van der Waals surface area (Å²) in [6.45, 7) is 0. The minimum Gasteiger partial charge on any atom is -0.298 e. The molecule has 92 valence electrons. The Hall–Kier alpha value is -1.23. The van der Waals surface area contributed by atoms with Gasteiger partial charge in [0.15, 0.2) is 9.84 Å². The fraction of sp³-hybridized carbons (Fsp3) is 0.417. The van der Waals surface area contributed by atoms with Gasteiger partial charge in [-0.1, -0.05) is 18.2 Å². The van der Waals surface area contributed by atoms with Crippen molar-refractivity contribution in [1.82, 2.24) is 0 Å². The second-order valence-electron chi connectivity index (χ2n) is 4.53. The van der Waals surface area contributed by atoms with Gasteiger partial charge in [0.05, 0.1) is 11.5 Å². The first-order chi connectivity index (χ1) is 7.92. The quantitative estimate of drug-likeness (QED) is 0.771. The molecule has 1 aromatic carbocycles. The Bertz CT molecular complexity index is 538. The van der Waals surface area contributed by atoms with Crippen molar-refractivity contribution < 1.29 is 17.6 Å². The van der Waals surface area contributed by atoms with Gasteiger partial charge >= 0.3 is 0 Å². The summed E-state index contributed by atoms with van der Waals surface area (Å²) >= 11 is 0. The van der Waals surface area contributed by atoms with Crippen molar-refractivity contribution in [3.05, 3.63) is 35.4 Å². The van der Waals surface area contributed by atoms with Gasteiger partial charge in [-0.05, 0) is 18.1 Å². The van der Waals surface area contributed by atoms with Crippen molar-refractivity contribution in [2.45, 2.75) is 18.5 Å². The zero-order valence-electron chi connectivity index (χ0n) is 9.23. The molecule has 2 rings (SSSR count). The van der Waals surface area contributed by atoms with E-state index in [0.717, 1.165) is 0 Å². The van der Waals surface area contributed by atoms with E-state index in [1.54, 1.807) is 24.3 Å². The number of sulfone groups is 1. The summed E-state index contributed by atoms with van der Waals surface area (Å²) in [6.07, 6.45) is 0.786. The molecule has 1 unspecified atom stereocenters. The second-order valence-corrected chi connectivity index (χ2v) is 6.72. The summed E-state index contributed by atoms with van der Waals surface area (Å²) in [6, 6.07) is 6.61. The number of hydrogen-bond acceptors (Lipinski definition) is 3. The standard InChI is InChI=1S/C12H13FO3S/c13-12(4-5-17(15,16)9-12)7-10-2-1-3-11(6-10)8-14/h1-3,6,8H,4-5,7,9H2. The summed E-state index contributed by atoms with van der Waals surface area (Å²) in [7, 11) is -3.23. The summed E-state index contributed by atoms with van der Waals surface area (Å²) < 4.78 is 36.8. The third kappa shape index (κ3) is 2.91. The molecule has 0 spiro atoms. The van der Waals surface area contributed by atoms with Crippen LogP contribution in [0.4, 0.5) is 4.39 Å².